The van der Waals surface area contributed by atoms with E-state index in [-0.39, 0.29) is 17.4 Å². The fourth-order valence-corrected chi connectivity index (χ4v) is 4.86. The second-order valence-electron chi connectivity index (χ2n) is 4.56. The van der Waals surface area contributed by atoms with Crippen molar-refractivity contribution in [2.45, 2.75) is 11.4 Å². The van der Waals surface area contributed by atoms with Gasteiger partial charge >= 0.3 is 5.97 Å². The number of carbonyl (C=O) groups is 3. The van der Waals surface area contributed by atoms with Crippen molar-refractivity contribution in [2.75, 3.05) is 11.5 Å². The Bertz CT molecular complexity index is 683. The van der Waals surface area contributed by atoms with Gasteiger partial charge in [-0.3, -0.25) is 14.5 Å². The third-order valence-corrected chi connectivity index (χ3v) is 6.14. The van der Waals surface area contributed by atoms with Gasteiger partial charge in [0, 0.05) is 16.7 Å². The van der Waals surface area contributed by atoms with Crippen LogP contribution >= 0.6 is 35.3 Å². The van der Waals surface area contributed by atoms with E-state index in [0.717, 1.165) is 11.8 Å². The highest BCUT2D eigenvalue weighted by molar-refractivity contribution is 8.08. The topological polar surface area (TPSA) is 110 Å². The summed E-state index contributed by atoms with van der Waals surface area (Å²) in [6.07, 6.45) is 1.26. The van der Waals surface area contributed by atoms with Gasteiger partial charge in [-0.1, -0.05) is 18.3 Å². The molecule has 0 radical (unpaired) electrons. The maximum atomic E-state index is 12.3. The van der Waals surface area contributed by atoms with Crippen LogP contribution in [0.1, 0.15) is 0 Å². The second kappa shape index (κ2) is 8.32. The van der Waals surface area contributed by atoms with Crippen LogP contribution in [0.25, 0.3) is 0 Å². The molecule has 2 heterocycles. The zero-order valence-electron chi connectivity index (χ0n) is 12.3. The number of hydrogen-bond donors (Lipinski definition) is 2. The Morgan fingerprint density at radius 2 is 2.33 bits per heavy atom. The quantitative estimate of drug-likeness (QED) is 0.500. The highest BCUT2D eigenvalue weighted by Gasteiger charge is 2.54. The molecule has 2 rings (SSSR count). The summed E-state index contributed by atoms with van der Waals surface area (Å²) in [4.78, 5) is 37.4. The van der Waals surface area contributed by atoms with Crippen molar-refractivity contribution in [3.63, 3.8) is 0 Å². The molecule has 126 valence electrons. The van der Waals surface area contributed by atoms with Crippen molar-refractivity contribution >= 4 is 53.1 Å². The molecule has 0 aromatic carbocycles. The number of fused-ring (bicyclic) bond motifs is 1. The van der Waals surface area contributed by atoms with E-state index in [9.17, 15) is 19.5 Å². The molecular weight excluding hydrogens is 370 g/mol. The van der Waals surface area contributed by atoms with Crippen LogP contribution in [0, 0.1) is 11.3 Å². The SMILES string of the molecule is C=CSC1=C(C(=O)O)N2C(=O)C(NC(=O)CSC=CC#N)[C@@H]2SC1. The summed E-state index contributed by atoms with van der Waals surface area (Å²) in [6, 6.07) is 1.08. The molecule has 2 amide bonds. The molecule has 10 heteroatoms. The van der Waals surface area contributed by atoms with Gasteiger partial charge in [0.25, 0.3) is 5.91 Å². The number of carboxylic acids is 1. The van der Waals surface area contributed by atoms with Gasteiger partial charge in [0.05, 0.1) is 11.8 Å². The molecule has 1 unspecified atom stereocenters. The lowest BCUT2D eigenvalue weighted by molar-refractivity contribution is -0.150. The molecule has 1 saturated heterocycles. The van der Waals surface area contributed by atoms with E-state index >= 15 is 0 Å². The number of allylic oxidation sites excluding steroid dienone is 1. The third-order valence-electron chi connectivity index (χ3n) is 3.13. The van der Waals surface area contributed by atoms with Crippen LogP contribution in [-0.2, 0) is 14.4 Å². The number of nitriles is 1. The first kappa shape index (κ1) is 18.5. The largest absolute Gasteiger partial charge is 0.477 e. The maximum absolute atomic E-state index is 12.3. The first-order chi connectivity index (χ1) is 11.5. The van der Waals surface area contributed by atoms with Crippen LogP contribution in [0.15, 0.2) is 34.1 Å². The lowest BCUT2D eigenvalue weighted by Gasteiger charge is -2.49. The van der Waals surface area contributed by atoms with Crippen LogP contribution in [-0.4, -0.2) is 50.7 Å². The van der Waals surface area contributed by atoms with Crippen LogP contribution in [0.2, 0.25) is 0 Å². The first-order valence-electron chi connectivity index (χ1n) is 6.65. The van der Waals surface area contributed by atoms with E-state index in [1.807, 2.05) is 6.07 Å². The Morgan fingerprint density at radius 3 is 2.96 bits per heavy atom. The van der Waals surface area contributed by atoms with Crippen molar-refractivity contribution in [1.29, 1.82) is 5.26 Å². The van der Waals surface area contributed by atoms with Gasteiger partial charge in [-0.05, 0) is 10.8 Å². The molecule has 0 aliphatic carbocycles. The van der Waals surface area contributed by atoms with Gasteiger partial charge in [-0.2, -0.15) is 5.26 Å². The second-order valence-corrected chi connectivity index (χ2v) is 7.62. The Kier molecular flexibility index (Phi) is 6.42. The number of β-lactam (4-membered cyclic amide) rings is 1. The van der Waals surface area contributed by atoms with Crippen molar-refractivity contribution in [3.05, 3.63) is 34.1 Å². The minimum absolute atomic E-state index is 0.0366. The molecule has 2 N–H and O–H groups in total. The zero-order valence-corrected chi connectivity index (χ0v) is 14.7. The van der Waals surface area contributed by atoms with Gasteiger partial charge in [0.2, 0.25) is 5.91 Å². The summed E-state index contributed by atoms with van der Waals surface area (Å²) in [5.74, 6) is -1.41. The zero-order chi connectivity index (χ0) is 17.7. The van der Waals surface area contributed by atoms with Gasteiger partial charge in [-0.25, -0.2) is 4.79 Å². The fraction of sp³-hybridized carbons (Fsp3) is 0.286. The number of rotatable bonds is 7. The lowest BCUT2D eigenvalue weighted by Crippen LogP contribution is -2.70. The Balaban J connectivity index is 2.02. The van der Waals surface area contributed by atoms with E-state index in [1.165, 1.54) is 45.3 Å². The maximum Gasteiger partial charge on any atom is 0.353 e. The van der Waals surface area contributed by atoms with Crippen molar-refractivity contribution < 1.29 is 19.5 Å². The number of nitrogens with one attached hydrogen (secondary N) is 1. The van der Waals surface area contributed by atoms with E-state index in [4.69, 9.17) is 5.26 Å². The fourth-order valence-electron chi connectivity index (χ4n) is 2.20. The van der Waals surface area contributed by atoms with E-state index in [2.05, 4.69) is 11.9 Å². The Hall–Kier alpha value is -1.83. The van der Waals surface area contributed by atoms with Crippen LogP contribution in [0.4, 0.5) is 0 Å². The number of carboxylic acid groups (broad SMARTS) is 1. The number of nitrogens with zero attached hydrogens (tertiary/aromatic N) is 2. The molecule has 2 aliphatic heterocycles. The summed E-state index contributed by atoms with van der Waals surface area (Å²) >= 11 is 3.73. The van der Waals surface area contributed by atoms with Crippen LogP contribution in [0.5, 0.6) is 0 Å². The summed E-state index contributed by atoms with van der Waals surface area (Å²) in [5.41, 5.74) is -0.0366. The minimum atomic E-state index is -1.17. The number of amides is 2. The van der Waals surface area contributed by atoms with E-state index < -0.39 is 23.3 Å². The molecule has 0 bridgehead atoms. The highest BCUT2D eigenvalue weighted by atomic mass is 32.2. The lowest BCUT2D eigenvalue weighted by atomic mass is 10.1. The molecule has 24 heavy (non-hydrogen) atoms. The number of thioether (sulfide) groups is 3. The normalized spacial score (nSPS) is 22.6. The van der Waals surface area contributed by atoms with Crippen molar-refractivity contribution in [2.24, 2.45) is 0 Å². The first-order valence-corrected chi connectivity index (χ1v) is 9.63. The number of aliphatic carboxylic acids is 1. The summed E-state index contributed by atoms with van der Waals surface area (Å²) in [7, 11) is 0. The predicted octanol–water partition coefficient (Wildman–Crippen LogP) is 1.33. The Morgan fingerprint density at radius 1 is 1.58 bits per heavy atom. The van der Waals surface area contributed by atoms with E-state index in [0.29, 0.717) is 10.7 Å². The molecule has 0 spiro atoms. The van der Waals surface area contributed by atoms with Gasteiger partial charge in [0.1, 0.15) is 17.1 Å². The third kappa shape index (κ3) is 3.80. The number of carbonyl (C=O) groups excluding carboxylic acids is 2. The smallest absolute Gasteiger partial charge is 0.353 e. The molecule has 2 aliphatic rings. The molecule has 1 fully saturated rings. The highest BCUT2D eigenvalue weighted by Crippen LogP contribution is 2.43. The van der Waals surface area contributed by atoms with E-state index in [1.54, 1.807) is 0 Å². The van der Waals surface area contributed by atoms with Crippen LogP contribution < -0.4 is 5.32 Å². The summed E-state index contributed by atoms with van der Waals surface area (Å²) in [5, 5.41) is 22.9. The molecule has 0 saturated carbocycles. The molecule has 7 nitrogen and oxygen atoms in total. The minimum Gasteiger partial charge on any atom is -0.477 e. The van der Waals surface area contributed by atoms with Gasteiger partial charge < -0.3 is 10.4 Å². The summed E-state index contributed by atoms with van der Waals surface area (Å²) < 4.78 is 0. The average molecular weight is 383 g/mol. The summed E-state index contributed by atoms with van der Waals surface area (Å²) in [6.45, 7) is 3.56. The molecule has 0 aromatic heterocycles. The monoisotopic (exact) mass is 383 g/mol. The molecule has 2 atom stereocenters. The van der Waals surface area contributed by atoms with Crippen molar-refractivity contribution in [1.82, 2.24) is 10.2 Å². The standard InChI is InChI=1S/C14H13N3O4S3/c1-2-23-8-6-24-13-10(12(19)17(13)11(8)14(20)21)16-9(18)7-22-5-3-4-15/h2-3,5,10,13H,1,6-7H2,(H,16,18)(H,20,21)/t10?,13-/m0/s1. The average Bonchev–Trinajstić information content (AvgIpc) is 2.56. The van der Waals surface area contributed by atoms with Gasteiger partial charge in [-0.15, -0.1) is 23.5 Å². The predicted molar refractivity (Wildman–Crippen MR) is 94.7 cm³/mol. The molecule has 0 aromatic rings. The van der Waals surface area contributed by atoms with Crippen molar-refractivity contribution in [3.8, 4) is 6.07 Å². The van der Waals surface area contributed by atoms with Gasteiger partial charge in [0.15, 0.2) is 0 Å². The van der Waals surface area contributed by atoms with Crippen LogP contribution in [0.3, 0.4) is 0 Å². The Labute approximate surface area is 151 Å². The number of hydrogen-bond acceptors (Lipinski definition) is 7. The molecular formula is C14H13N3O4S3.